The Morgan fingerprint density at radius 3 is 2.41 bits per heavy atom. The van der Waals surface area contributed by atoms with Gasteiger partial charge in [0, 0.05) is 25.2 Å². The normalized spacial score (nSPS) is 14.1. The zero-order chi connectivity index (χ0) is 24.1. The van der Waals surface area contributed by atoms with Crippen LogP contribution in [0.2, 0.25) is 0 Å². The van der Waals surface area contributed by atoms with E-state index in [2.05, 4.69) is 43.0 Å². The van der Waals surface area contributed by atoms with E-state index in [1.165, 1.54) is 12.1 Å². The molecule has 1 heterocycles. The molecule has 3 aromatic rings. The van der Waals surface area contributed by atoms with Crippen molar-refractivity contribution in [3.05, 3.63) is 99.0 Å². The van der Waals surface area contributed by atoms with E-state index in [4.69, 9.17) is 4.98 Å². The fraction of sp³-hybridized carbons (Fsp3) is 0.429. The van der Waals surface area contributed by atoms with Crippen molar-refractivity contribution in [2.75, 3.05) is 27.2 Å². The molecule has 2 aromatic carbocycles. The molecule has 1 aliphatic carbocycles. The third-order valence-corrected chi connectivity index (χ3v) is 6.66. The quantitative estimate of drug-likeness (QED) is 0.447. The SMILES string of the molecule is CCC(c1nc2c(c(=O)n1Cc1ccccc1)CCC2)N(CCN(C)C)Cc1ccc(F)cc1. The predicted molar refractivity (Wildman–Crippen MR) is 134 cm³/mol. The highest BCUT2D eigenvalue weighted by Gasteiger charge is 2.28. The van der Waals surface area contributed by atoms with Crippen molar-refractivity contribution >= 4 is 0 Å². The van der Waals surface area contributed by atoms with E-state index in [0.29, 0.717) is 13.1 Å². The van der Waals surface area contributed by atoms with Crippen molar-refractivity contribution in [1.29, 1.82) is 0 Å². The van der Waals surface area contributed by atoms with Gasteiger partial charge < -0.3 is 4.90 Å². The van der Waals surface area contributed by atoms with Gasteiger partial charge in [-0.1, -0.05) is 49.4 Å². The molecule has 0 saturated carbocycles. The molecule has 1 aromatic heterocycles. The van der Waals surface area contributed by atoms with Gasteiger partial charge in [0.15, 0.2) is 0 Å². The molecule has 34 heavy (non-hydrogen) atoms. The first kappa shape index (κ1) is 24.3. The molecule has 0 fully saturated rings. The van der Waals surface area contributed by atoms with Gasteiger partial charge in [-0.2, -0.15) is 0 Å². The van der Waals surface area contributed by atoms with E-state index in [1.807, 2.05) is 34.9 Å². The van der Waals surface area contributed by atoms with Gasteiger partial charge in [-0.3, -0.25) is 14.3 Å². The Morgan fingerprint density at radius 2 is 1.74 bits per heavy atom. The number of fused-ring (bicyclic) bond motifs is 1. The topological polar surface area (TPSA) is 41.4 Å². The highest BCUT2D eigenvalue weighted by atomic mass is 19.1. The smallest absolute Gasteiger partial charge is 0.257 e. The zero-order valence-corrected chi connectivity index (χ0v) is 20.5. The molecule has 6 heteroatoms. The van der Waals surface area contributed by atoms with E-state index >= 15 is 0 Å². The molecule has 0 radical (unpaired) electrons. The first-order valence-electron chi connectivity index (χ1n) is 12.3. The molecule has 0 spiro atoms. The van der Waals surface area contributed by atoms with Crippen LogP contribution < -0.4 is 5.56 Å². The summed E-state index contributed by atoms with van der Waals surface area (Å²) < 4.78 is 15.4. The van der Waals surface area contributed by atoms with Crippen molar-refractivity contribution in [1.82, 2.24) is 19.4 Å². The van der Waals surface area contributed by atoms with E-state index in [-0.39, 0.29) is 17.4 Å². The summed E-state index contributed by atoms with van der Waals surface area (Å²) in [5, 5.41) is 0. The lowest BCUT2D eigenvalue weighted by Gasteiger charge is -2.33. The van der Waals surface area contributed by atoms with Crippen molar-refractivity contribution in [2.45, 2.75) is 51.7 Å². The highest BCUT2D eigenvalue weighted by Crippen LogP contribution is 2.27. The maximum atomic E-state index is 13.6. The molecular weight excluding hydrogens is 427 g/mol. The van der Waals surface area contributed by atoms with Crippen LogP contribution in [0.25, 0.3) is 0 Å². The van der Waals surface area contributed by atoms with Crippen LogP contribution in [-0.2, 0) is 25.9 Å². The summed E-state index contributed by atoms with van der Waals surface area (Å²) >= 11 is 0. The van der Waals surface area contributed by atoms with Gasteiger partial charge in [0.05, 0.1) is 18.3 Å². The Bertz CT molecular complexity index is 1140. The fourth-order valence-corrected chi connectivity index (χ4v) is 4.82. The minimum absolute atomic E-state index is 0.0210. The van der Waals surface area contributed by atoms with Gasteiger partial charge in [-0.25, -0.2) is 9.37 Å². The summed E-state index contributed by atoms with van der Waals surface area (Å²) in [4.78, 5) is 23.3. The summed E-state index contributed by atoms with van der Waals surface area (Å²) in [6.07, 6.45) is 3.50. The van der Waals surface area contributed by atoms with Crippen LogP contribution >= 0.6 is 0 Å². The molecular formula is C28H35FN4O. The van der Waals surface area contributed by atoms with Crippen molar-refractivity contribution in [2.24, 2.45) is 0 Å². The summed E-state index contributed by atoms with van der Waals surface area (Å²) in [6.45, 7) is 5.05. The van der Waals surface area contributed by atoms with Crippen molar-refractivity contribution < 1.29 is 4.39 Å². The number of likely N-dealkylation sites (N-methyl/N-ethyl adjacent to an activating group) is 1. The minimum Gasteiger partial charge on any atom is -0.308 e. The second-order valence-electron chi connectivity index (χ2n) is 9.45. The number of hydrogen-bond acceptors (Lipinski definition) is 4. The van der Waals surface area contributed by atoms with Crippen LogP contribution in [0, 0.1) is 5.82 Å². The second-order valence-corrected chi connectivity index (χ2v) is 9.45. The van der Waals surface area contributed by atoms with Crippen LogP contribution in [0.3, 0.4) is 0 Å². The third-order valence-electron chi connectivity index (χ3n) is 6.66. The zero-order valence-electron chi connectivity index (χ0n) is 20.5. The fourth-order valence-electron chi connectivity index (χ4n) is 4.82. The maximum absolute atomic E-state index is 13.6. The summed E-state index contributed by atoms with van der Waals surface area (Å²) in [5.41, 5.74) is 4.11. The molecule has 5 nitrogen and oxygen atoms in total. The van der Waals surface area contributed by atoms with Gasteiger partial charge in [-0.15, -0.1) is 0 Å². The molecule has 1 atom stereocenters. The lowest BCUT2D eigenvalue weighted by molar-refractivity contribution is 0.155. The Balaban J connectivity index is 1.76. The number of aromatic nitrogens is 2. The largest absolute Gasteiger partial charge is 0.308 e. The molecule has 0 bridgehead atoms. The molecule has 0 amide bonds. The maximum Gasteiger partial charge on any atom is 0.257 e. The molecule has 180 valence electrons. The third kappa shape index (κ3) is 5.62. The average Bonchev–Trinajstić information content (AvgIpc) is 3.31. The van der Waals surface area contributed by atoms with Crippen LogP contribution in [0.5, 0.6) is 0 Å². The highest BCUT2D eigenvalue weighted by molar-refractivity contribution is 5.26. The average molecular weight is 463 g/mol. The van der Waals surface area contributed by atoms with Gasteiger partial charge in [-0.05, 0) is 63.0 Å². The Labute approximate surface area is 201 Å². The van der Waals surface area contributed by atoms with Gasteiger partial charge in [0.2, 0.25) is 0 Å². The van der Waals surface area contributed by atoms with Crippen LogP contribution in [0.15, 0.2) is 59.4 Å². The Morgan fingerprint density at radius 1 is 1.00 bits per heavy atom. The first-order valence-corrected chi connectivity index (χ1v) is 12.3. The Kier molecular flexibility index (Phi) is 7.91. The van der Waals surface area contributed by atoms with Crippen LogP contribution in [0.1, 0.15) is 54.0 Å². The number of halogens is 1. The van der Waals surface area contributed by atoms with Gasteiger partial charge >= 0.3 is 0 Å². The standard InChI is InChI=1S/C28H35FN4O/c1-4-26(32(18-17-31(2)3)19-22-13-15-23(29)16-14-22)27-30-25-12-8-11-24(25)28(34)33(27)20-21-9-6-5-7-10-21/h5-7,9-10,13-16,26H,4,8,11-12,17-20H2,1-3H3. The second kappa shape index (κ2) is 11.1. The number of aryl methyl sites for hydroxylation is 1. The van der Waals surface area contributed by atoms with Crippen molar-refractivity contribution in [3.8, 4) is 0 Å². The number of hydrogen-bond donors (Lipinski definition) is 0. The number of nitrogens with zero attached hydrogens (tertiary/aromatic N) is 4. The molecule has 0 aliphatic heterocycles. The van der Waals surface area contributed by atoms with Crippen molar-refractivity contribution in [3.63, 3.8) is 0 Å². The van der Waals surface area contributed by atoms with Gasteiger partial charge in [0.25, 0.3) is 5.56 Å². The molecule has 0 N–H and O–H groups in total. The minimum atomic E-state index is -0.229. The van der Waals surface area contributed by atoms with E-state index in [9.17, 15) is 9.18 Å². The molecule has 4 rings (SSSR count). The Hall–Kier alpha value is -2.83. The van der Waals surface area contributed by atoms with E-state index < -0.39 is 0 Å². The monoisotopic (exact) mass is 462 g/mol. The number of benzene rings is 2. The van der Waals surface area contributed by atoms with E-state index in [1.54, 1.807) is 0 Å². The lowest BCUT2D eigenvalue weighted by Crippen LogP contribution is -2.39. The number of rotatable bonds is 10. The summed E-state index contributed by atoms with van der Waals surface area (Å²) in [7, 11) is 4.13. The van der Waals surface area contributed by atoms with Crippen LogP contribution in [0.4, 0.5) is 4.39 Å². The molecule has 0 saturated heterocycles. The van der Waals surface area contributed by atoms with Crippen LogP contribution in [-0.4, -0.2) is 46.5 Å². The van der Waals surface area contributed by atoms with Gasteiger partial charge in [0.1, 0.15) is 11.6 Å². The predicted octanol–water partition coefficient (Wildman–Crippen LogP) is 4.43. The first-order chi connectivity index (χ1) is 16.5. The lowest BCUT2D eigenvalue weighted by atomic mass is 10.1. The van der Waals surface area contributed by atoms with E-state index in [0.717, 1.165) is 67.0 Å². The molecule has 1 unspecified atom stereocenters. The summed E-state index contributed by atoms with van der Waals surface area (Å²) in [6, 6.07) is 16.8. The summed E-state index contributed by atoms with van der Waals surface area (Å²) in [5.74, 6) is 0.616. The molecule has 1 aliphatic rings.